The Morgan fingerprint density at radius 3 is 2.69 bits per heavy atom. The van der Waals surface area contributed by atoms with E-state index in [1.807, 2.05) is 54.7 Å². The number of H-pyrrole nitrogens is 1. The number of hydrogen-bond donors (Lipinski definition) is 1. The quantitative estimate of drug-likeness (QED) is 0.464. The number of esters is 1. The monoisotopic (exact) mass is 389 g/mol. The number of aromatic nitrogens is 1. The Labute approximate surface area is 169 Å². The first-order valence-corrected chi connectivity index (χ1v) is 9.44. The molecule has 1 aromatic heterocycles. The van der Waals surface area contributed by atoms with Crippen LogP contribution in [0.15, 0.2) is 59.7 Å². The van der Waals surface area contributed by atoms with Crippen molar-refractivity contribution in [2.24, 2.45) is 10.9 Å². The van der Waals surface area contributed by atoms with Crippen LogP contribution in [0, 0.1) is 17.2 Å². The highest BCUT2D eigenvalue weighted by Crippen LogP contribution is 2.32. The molecule has 29 heavy (non-hydrogen) atoms. The lowest BCUT2D eigenvalue weighted by Crippen LogP contribution is -2.18. The van der Waals surface area contributed by atoms with Gasteiger partial charge in [-0.2, -0.15) is 5.26 Å². The minimum atomic E-state index is -1.01. The highest BCUT2D eigenvalue weighted by molar-refractivity contribution is 5.93. The highest BCUT2D eigenvalue weighted by atomic mass is 16.5. The van der Waals surface area contributed by atoms with Crippen LogP contribution in [0.5, 0.6) is 5.75 Å². The summed E-state index contributed by atoms with van der Waals surface area (Å²) in [5.74, 6) is -0.849. The number of nitriles is 1. The Balaban J connectivity index is 1.92. The molecule has 0 aliphatic carbocycles. The van der Waals surface area contributed by atoms with E-state index in [4.69, 9.17) is 9.47 Å². The summed E-state index contributed by atoms with van der Waals surface area (Å²) in [5, 5.41) is 10.3. The summed E-state index contributed by atoms with van der Waals surface area (Å²) in [4.78, 5) is 19.6. The summed E-state index contributed by atoms with van der Waals surface area (Å²) in [5.41, 5.74) is 3.22. The Morgan fingerprint density at radius 2 is 2.00 bits per heavy atom. The van der Waals surface area contributed by atoms with Gasteiger partial charge in [-0.1, -0.05) is 30.3 Å². The minimum Gasteiger partial charge on any atom is -0.497 e. The van der Waals surface area contributed by atoms with Crippen LogP contribution in [0.25, 0.3) is 10.9 Å². The van der Waals surface area contributed by atoms with E-state index in [0.717, 1.165) is 27.8 Å². The number of fused-ring (bicyclic) bond motifs is 1. The van der Waals surface area contributed by atoms with Crippen molar-refractivity contribution in [1.29, 1.82) is 5.26 Å². The Bertz CT molecular complexity index is 1030. The molecule has 0 spiro atoms. The van der Waals surface area contributed by atoms with E-state index >= 15 is 0 Å². The molecule has 0 amide bonds. The number of hydrogen-bond acceptors (Lipinski definition) is 5. The van der Waals surface area contributed by atoms with Gasteiger partial charge in [-0.15, -0.1) is 0 Å². The second-order valence-electron chi connectivity index (χ2n) is 6.49. The maximum Gasteiger partial charge on any atom is 0.328 e. The number of nitrogens with one attached hydrogen (secondary N) is 1. The molecular weight excluding hydrogens is 366 g/mol. The van der Waals surface area contributed by atoms with Gasteiger partial charge in [0.05, 0.1) is 19.8 Å². The molecule has 1 heterocycles. The molecule has 2 aromatic carbocycles. The number of benzene rings is 2. The first-order valence-electron chi connectivity index (χ1n) is 9.44. The van der Waals surface area contributed by atoms with Crippen molar-refractivity contribution >= 4 is 23.1 Å². The van der Waals surface area contributed by atoms with Gasteiger partial charge in [-0.25, -0.2) is 0 Å². The number of para-hydroxylation sites is 1. The number of carbonyl (C=O) groups is 1. The summed E-state index contributed by atoms with van der Waals surface area (Å²) in [6.45, 7) is 2.33. The minimum absolute atomic E-state index is 0.0464. The number of rotatable bonds is 8. The van der Waals surface area contributed by atoms with Gasteiger partial charge in [0.25, 0.3) is 0 Å². The smallest absolute Gasteiger partial charge is 0.328 e. The topological polar surface area (TPSA) is 87.5 Å². The van der Waals surface area contributed by atoms with Crippen molar-refractivity contribution in [3.8, 4) is 11.8 Å². The zero-order chi connectivity index (χ0) is 20.6. The lowest BCUT2D eigenvalue weighted by atomic mass is 9.91. The summed E-state index contributed by atoms with van der Waals surface area (Å²) >= 11 is 0. The molecule has 3 rings (SSSR count). The first kappa shape index (κ1) is 20.2. The van der Waals surface area contributed by atoms with Crippen LogP contribution in [0.3, 0.4) is 0 Å². The SMILES string of the molecule is CCOC(=O)[C@H](C#N)C=NC[C@@H](c1ccc(OC)cc1)c1c[nH]c2ccccc12. The first-order chi connectivity index (χ1) is 14.2. The van der Waals surface area contributed by atoms with E-state index in [2.05, 4.69) is 16.0 Å². The van der Waals surface area contributed by atoms with Crippen molar-refractivity contribution in [2.45, 2.75) is 12.8 Å². The van der Waals surface area contributed by atoms with Crippen LogP contribution in [-0.4, -0.2) is 37.4 Å². The fourth-order valence-corrected chi connectivity index (χ4v) is 3.25. The Morgan fingerprint density at radius 1 is 1.24 bits per heavy atom. The lowest BCUT2D eigenvalue weighted by Gasteiger charge is -2.16. The maximum absolute atomic E-state index is 11.8. The van der Waals surface area contributed by atoms with Gasteiger partial charge in [-0.05, 0) is 36.2 Å². The third-order valence-corrected chi connectivity index (χ3v) is 4.74. The second-order valence-corrected chi connectivity index (χ2v) is 6.49. The molecule has 0 saturated carbocycles. The van der Waals surface area contributed by atoms with E-state index in [-0.39, 0.29) is 12.5 Å². The van der Waals surface area contributed by atoms with Crippen LogP contribution >= 0.6 is 0 Å². The number of aromatic amines is 1. The van der Waals surface area contributed by atoms with Crippen molar-refractivity contribution in [2.75, 3.05) is 20.3 Å². The zero-order valence-electron chi connectivity index (χ0n) is 16.5. The van der Waals surface area contributed by atoms with Gasteiger partial charge in [0, 0.05) is 35.8 Å². The lowest BCUT2D eigenvalue weighted by molar-refractivity contribution is -0.143. The van der Waals surface area contributed by atoms with Gasteiger partial charge in [0.15, 0.2) is 5.92 Å². The molecule has 1 N–H and O–H groups in total. The van der Waals surface area contributed by atoms with E-state index in [1.165, 1.54) is 6.21 Å². The molecule has 6 nitrogen and oxygen atoms in total. The van der Waals surface area contributed by atoms with Crippen LogP contribution in [0.2, 0.25) is 0 Å². The zero-order valence-corrected chi connectivity index (χ0v) is 16.5. The van der Waals surface area contributed by atoms with E-state index in [9.17, 15) is 10.1 Å². The summed E-state index contributed by atoms with van der Waals surface area (Å²) in [6, 6.07) is 17.9. The molecule has 2 atom stereocenters. The normalized spacial score (nSPS) is 13.1. The van der Waals surface area contributed by atoms with Crippen molar-refractivity contribution < 1.29 is 14.3 Å². The number of ether oxygens (including phenoxy) is 2. The van der Waals surface area contributed by atoms with E-state index < -0.39 is 11.9 Å². The summed E-state index contributed by atoms with van der Waals surface area (Å²) < 4.78 is 10.2. The van der Waals surface area contributed by atoms with Crippen LogP contribution in [-0.2, 0) is 9.53 Å². The second kappa shape index (κ2) is 9.56. The van der Waals surface area contributed by atoms with Crippen LogP contribution in [0.1, 0.15) is 24.0 Å². The fraction of sp³-hybridized carbons (Fsp3) is 0.261. The summed E-state index contributed by atoms with van der Waals surface area (Å²) in [6.07, 6.45) is 3.37. The predicted molar refractivity (Wildman–Crippen MR) is 112 cm³/mol. The van der Waals surface area contributed by atoms with Crippen LogP contribution < -0.4 is 4.74 Å². The molecule has 0 aliphatic rings. The third kappa shape index (κ3) is 4.64. The molecule has 0 bridgehead atoms. The van der Waals surface area contributed by atoms with E-state index in [0.29, 0.717) is 6.54 Å². The van der Waals surface area contributed by atoms with Crippen molar-refractivity contribution in [3.63, 3.8) is 0 Å². The van der Waals surface area contributed by atoms with Crippen molar-refractivity contribution in [3.05, 3.63) is 65.9 Å². The number of nitrogens with zero attached hydrogens (tertiary/aromatic N) is 2. The van der Waals surface area contributed by atoms with Gasteiger partial charge in [0.2, 0.25) is 0 Å². The largest absolute Gasteiger partial charge is 0.497 e. The highest BCUT2D eigenvalue weighted by Gasteiger charge is 2.20. The van der Waals surface area contributed by atoms with Gasteiger partial charge in [-0.3, -0.25) is 9.79 Å². The number of methoxy groups -OCH3 is 1. The molecule has 148 valence electrons. The standard InChI is InChI=1S/C23H23N3O3/c1-3-29-23(27)17(12-24)13-25-14-20(16-8-10-18(28-2)11-9-16)21-15-26-22-7-5-4-6-19(21)22/h4-11,13,15,17,20,26H,3,14H2,1-2H3/t17-,20+/m1/s1. The Hall–Kier alpha value is -3.59. The summed E-state index contributed by atoms with van der Waals surface area (Å²) in [7, 11) is 1.63. The number of carbonyl (C=O) groups excluding carboxylic acids is 1. The predicted octanol–water partition coefficient (Wildman–Crippen LogP) is 4.08. The molecule has 0 fully saturated rings. The van der Waals surface area contributed by atoms with Gasteiger partial charge >= 0.3 is 5.97 Å². The van der Waals surface area contributed by atoms with Gasteiger partial charge < -0.3 is 14.5 Å². The average molecular weight is 389 g/mol. The Kier molecular flexibility index (Phi) is 6.64. The molecule has 3 aromatic rings. The van der Waals surface area contributed by atoms with Gasteiger partial charge in [0.1, 0.15) is 5.75 Å². The van der Waals surface area contributed by atoms with Crippen molar-refractivity contribution in [1.82, 2.24) is 4.98 Å². The van der Waals surface area contributed by atoms with Crippen LogP contribution in [0.4, 0.5) is 0 Å². The average Bonchev–Trinajstić information content (AvgIpc) is 3.18. The van der Waals surface area contributed by atoms with E-state index in [1.54, 1.807) is 14.0 Å². The molecule has 0 unspecified atom stereocenters. The maximum atomic E-state index is 11.8. The molecular formula is C23H23N3O3. The third-order valence-electron chi connectivity index (χ3n) is 4.74. The number of aliphatic imine (C=N–C) groups is 1. The molecule has 6 heteroatoms. The molecule has 0 saturated heterocycles. The molecule has 0 aliphatic heterocycles. The fourth-order valence-electron chi connectivity index (χ4n) is 3.25. The molecule has 0 radical (unpaired) electrons.